The maximum absolute atomic E-state index is 14.7. The van der Waals surface area contributed by atoms with Gasteiger partial charge < -0.3 is 43.0 Å². The van der Waals surface area contributed by atoms with Crippen molar-refractivity contribution in [2.45, 2.75) is 78.0 Å². The van der Waals surface area contributed by atoms with Gasteiger partial charge in [0.25, 0.3) is 0 Å². The number of esters is 1. The van der Waals surface area contributed by atoms with Crippen LogP contribution in [-0.4, -0.2) is 144 Å². The Morgan fingerprint density at radius 1 is 0.833 bits per heavy atom. The Labute approximate surface area is 468 Å². The Morgan fingerprint density at radius 3 is 2.32 bits per heavy atom. The van der Waals surface area contributed by atoms with Gasteiger partial charge in [-0.15, -0.1) is 11.3 Å². The van der Waals surface area contributed by atoms with Gasteiger partial charge in [0.05, 0.1) is 21.1 Å². The van der Waals surface area contributed by atoms with E-state index in [0.29, 0.717) is 95.6 Å². The van der Waals surface area contributed by atoms with Crippen LogP contribution in [-0.2, 0) is 27.3 Å². The molecule has 0 radical (unpaired) electrons. The van der Waals surface area contributed by atoms with Crippen molar-refractivity contribution in [3.8, 4) is 61.8 Å². The number of hydrogen-bond acceptors (Lipinski definition) is 16. The maximum Gasteiger partial charge on any atom is 0.348 e. The van der Waals surface area contributed by atoms with Gasteiger partial charge >= 0.3 is 5.97 Å². The summed E-state index contributed by atoms with van der Waals surface area (Å²) in [6.45, 7) is 16.4. The highest BCUT2D eigenvalue weighted by molar-refractivity contribution is 7.22. The molecule has 4 bridgehead atoms. The summed E-state index contributed by atoms with van der Waals surface area (Å²) in [6.07, 6.45) is 2.26. The first-order chi connectivity index (χ1) is 37.5. The van der Waals surface area contributed by atoms with Crippen LogP contribution in [0.4, 0.5) is 4.39 Å². The number of nitrogens with zero attached hydrogens (tertiary/aromatic N) is 7. The van der Waals surface area contributed by atoms with E-state index in [0.717, 1.165) is 68.5 Å². The topological polar surface area (TPSA) is 143 Å². The third kappa shape index (κ3) is 12.9. The van der Waals surface area contributed by atoms with Gasteiger partial charge in [0, 0.05) is 86.6 Å². The molecule has 7 aromatic rings. The van der Waals surface area contributed by atoms with Crippen LogP contribution in [0, 0.1) is 19.7 Å². The molecule has 0 amide bonds. The molecular formula is C59H64Cl2FN7O8S. The van der Waals surface area contributed by atoms with Crippen LogP contribution in [0.5, 0.6) is 28.9 Å². The lowest BCUT2D eigenvalue weighted by Gasteiger charge is -2.35. The Bertz CT molecular complexity index is 3230. The van der Waals surface area contributed by atoms with Crippen molar-refractivity contribution < 1.29 is 42.3 Å². The van der Waals surface area contributed by atoms with Crippen LogP contribution >= 0.6 is 34.5 Å². The molecule has 19 heteroatoms. The van der Waals surface area contributed by atoms with Gasteiger partial charge in [-0.3, -0.25) is 4.90 Å². The minimum atomic E-state index is -1.28. The zero-order valence-electron chi connectivity index (χ0n) is 44.9. The van der Waals surface area contributed by atoms with Crippen molar-refractivity contribution in [2.24, 2.45) is 0 Å². The monoisotopic (exact) mass is 1120 g/mol. The van der Waals surface area contributed by atoms with Crippen LogP contribution in [0.1, 0.15) is 49.6 Å². The van der Waals surface area contributed by atoms with E-state index in [2.05, 4.69) is 33.8 Å². The van der Waals surface area contributed by atoms with Crippen LogP contribution in [0.15, 0.2) is 85.3 Å². The fourth-order valence-corrected chi connectivity index (χ4v) is 11.6. The second-order valence-corrected chi connectivity index (χ2v) is 22.9. The van der Waals surface area contributed by atoms with Gasteiger partial charge in [0.1, 0.15) is 71.9 Å². The molecule has 0 unspecified atom stereocenters. The average molecular weight is 1120 g/mol. The minimum Gasteiger partial charge on any atom is -0.491 e. The summed E-state index contributed by atoms with van der Waals surface area (Å²) < 4.78 is 59.9. The number of hydrogen-bond donors (Lipinski definition) is 0. The second kappa shape index (κ2) is 24.0. The molecule has 3 aromatic heterocycles. The van der Waals surface area contributed by atoms with Crippen LogP contribution < -0.4 is 23.7 Å². The first kappa shape index (κ1) is 55.1. The Balaban J connectivity index is 1.02. The molecule has 0 N–H and O–H groups in total. The fraction of sp³-hybridized carbons (Fsp3) is 0.407. The third-order valence-electron chi connectivity index (χ3n) is 13.9. The maximum atomic E-state index is 14.7. The SMILES string of the molecule is Cc1c(Cl)c2c(Cl)c(C)c1-c1c(-c3ccc(F)cc3)sc3ncnc(c13)O[C@@H](C(=O)OC(C)(C)C)Cc1cc(ccc1OCc1ccnc(-c3ccc(OC[C@@H]4CN(C)CCCO4)cc3)n1)OC[C@@H](CN1CCN(C)CC1)O2. The zero-order valence-corrected chi connectivity index (χ0v) is 47.3. The summed E-state index contributed by atoms with van der Waals surface area (Å²) in [5.41, 5.74) is 4.54. The number of thiophene rings is 1. The standard InChI is InChI=1S/C59H64Cl2FN7O8S/c1-35-48-36(2)52(61)53(51(35)60)75-45(30-69-24-22-67(6)23-25-69)33-73-43-17-18-46(74-31-41-19-20-63-55(66-41)38-11-15-42(16-12-38)72-32-44-29-68(7)21-8-26-71-44)39(27-43)28-47(58(70)77-59(3,4)5)76-56-50-49(48)54(78-57(50)65-34-64-56)37-9-13-40(62)14-10-37/h9-20,27,34,44-45,47H,8,21-26,28-33H2,1-7H3/t44-,45+,47+/m0/s1. The molecule has 15 nitrogen and oxygen atoms in total. The largest absolute Gasteiger partial charge is 0.491 e. The molecule has 410 valence electrons. The number of benzene rings is 4. The number of ether oxygens (including phenoxy) is 7. The van der Waals surface area contributed by atoms with Crippen LogP contribution in [0.25, 0.3) is 43.2 Å². The van der Waals surface area contributed by atoms with Gasteiger partial charge in [-0.05, 0) is 138 Å². The van der Waals surface area contributed by atoms with Crippen molar-refractivity contribution in [2.75, 3.05) is 79.7 Å². The van der Waals surface area contributed by atoms with E-state index in [9.17, 15) is 9.18 Å². The van der Waals surface area contributed by atoms with Crippen molar-refractivity contribution in [1.82, 2.24) is 34.6 Å². The Kier molecular flexibility index (Phi) is 17.0. The molecule has 4 aromatic carbocycles. The zero-order chi connectivity index (χ0) is 54.7. The number of carbonyl (C=O) groups excluding carboxylic acids is 1. The highest BCUT2D eigenvalue weighted by Crippen LogP contribution is 2.53. The van der Waals surface area contributed by atoms with E-state index in [1.807, 2.05) is 56.3 Å². The van der Waals surface area contributed by atoms with Gasteiger partial charge in [-0.1, -0.05) is 35.3 Å². The fourth-order valence-electron chi connectivity index (χ4n) is 9.91. The smallest absolute Gasteiger partial charge is 0.348 e. The van der Waals surface area contributed by atoms with Gasteiger partial charge in [-0.2, -0.15) is 0 Å². The molecule has 78 heavy (non-hydrogen) atoms. The van der Waals surface area contributed by atoms with Gasteiger partial charge in [-0.25, -0.2) is 29.1 Å². The molecule has 0 aliphatic carbocycles. The summed E-state index contributed by atoms with van der Waals surface area (Å²) in [6, 6.07) is 21.2. The predicted molar refractivity (Wildman–Crippen MR) is 301 cm³/mol. The van der Waals surface area contributed by atoms with E-state index in [1.165, 1.54) is 29.8 Å². The van der Waals surface area contributed by atoms with Crippen molar-refractivity contribution in [3.63, 3.8) is 0 Å². The quantitative estimate of drug-likeness (QED) is 0.113. The summed E-state index contributed by atoms with van der Waals surface area (Å²) in [4.78, 5) is 41.8. The first-order valence-corrected chi connectivity index (χ1v) is 27.8. The Morgan fingerprint density at radius 2 is 1.58 bits per heavy atom. The van der Waals surface area contributed by atoms with E-state index >= 15 is 0 Å². The summed E-state index contributed by atoms with van der Waals surface area (Å²) in [5.74, 6) is 1.63. The lowest BCUT2D eigenvalue weighted by atomic mass is 9.92. The predicted octanol–water partition coefficient (Wildman–Crippen LogP) is 10.9. The lowest BCUT2D eigenvalue weighted by molar-refractivity contribution is -0.163. The lowest BCUT2D eigenvalue weighted by Crippen LogP contribution is -2.49. The summed E-state index contributed by atoms with van der Waals surface area (Å²) in [5, 5.41) is 1.14. The minimum absolute atomic E-state index is 0.00412. The molecule has 0 spiro atoms. The average Bonchev–Trinajstić information content (AvgIpc) is 3.88. The van der Waals surface area contributed by atoms with Gasteiger partial charge in [0.2, 0.25) is 12.0 Å². The molecule has 3 atom stereocenters. The van der Waals surface area contributed by atoms with E-state index in [-0.39, 0.29) is 37.4 Å². The van der Waals surface area contributed by atoms with Gasteiger partial charge in [0.15, 0.2) is 11.6 Å². The highest BCUT2D eigenvalue weighted by atomic mass is 35.5. The number of halogens is 3. The molecule has 0 saturated carbocycles. The normalized spacial score (nSPS) is 18.8. The third-order valence-corrected chi connectivity index (χ3v) is 16.0. The molecule has 7 heterocycles. The van der Waals surface area contributed by atoms with E-state index in [1.54, 1.807) is 45.2 Å². The molecular weight excluding hydrogens is 1060 g/mol. The summed E-state index contributed by atoms with van der Waals surface area (Å²) in [7, 11) is 4.22. The van der Waals surface area contributed by atoms with E-state index in [4.69, 9.17) is 71.3 Å². The van der Waals surface area contributed by atoms with Crippen molar-refractivity contribution in [3.05, 3.63) is 124 Å². The number of carbonyl (C=O) groups is 1. The molecule has 2 saturated heterocycles. The molecule has 2 fully saturated rings. The summed E-state index contributed by atoms with van der Waals surface area (Å²) >= 11 is 16.2. The number of likely N-dealkylation sites (N-methyl/N-ethyl adjacent to an activating group) is 2. The van der Waals surface area contributed by atoms with Crippen LogP contribution in [0.2, 0.25) is 10.0 Å². The highest BCUT2D eigenvalue weighted by Gasteiger charge is 2.34. The number of fused-ring (bicyclic) bond motifs is 7. The number of rotatable bonds is 11. The number of aromatic nitrogens is 4. The van der Waals surface area contributed by atoms with E-state index < -0.39 is 23.8 Å². The molecule has 4 aliphatic heterocycles. The van der Waals surface area contributed by atoms with Crippen molar-refractivity contribution in [1.29, 1.82) is 0 Å². The van der Waals surface area contributed by atoms with Crippen LogP contribution in [0.3, 0.4) is 0 Å². The second-order valence-electron chi connectivity index (χ2n) is 21.1. The molecule has 11 rings (SSSR count). The molecule has 4 aliphatic rings. The number of piperazine rings is 1. The van der Waals surface area contributed by atoms with Crippen molar-refractivity contribution >= 4 is 50.7 Å². The first-order valence-electron chi connectivity index (χ1n) is 26.3. The Hall–Kier alpha value is -6.18.